The summed E-state index contributed by atoms with van der Waals surface area (Å²) in [6.45, 7) is 8.70. The minimum Gasteiger partial charge on any atom is -0.445 e. The summed E-state index contributed by atoms with van der Waals surface area (Å²) in [4.78, 5) is 49.7. The second kappa shape index (κ2) is 19.1. The van der Waals surface area contributed by atoms with Crippen molar-refractivity contribution in [2.45, 2.75) is 78.7 Å². The van der Waals surface area contributed by atoms with Crippen molar-refractivity contribution in [2.24, 2.45) is 11.8 Å². The molecular weight excluding hydrogens is 536 g/mol. The normalized spacial score (nSPS) is 12.2. The smallest absolute Gasteiger partial charge is 0.408 e. The van der Waals surface area contributed by atoms with Gasteiger partial charge in [0, 0.05) is 13.1 Å². The van der Waals surface area contributed by atoms with Crippen LogP contribution in [0.25, 0.3) is 0 Å². The fourth-order valence-electron chi connectivity index (χ4n) is 4.10. The van der Waals surface area contributed by atoms with E-state index in [2.05, 4.69) is 21.3 Å². The van der Waals surface area contributed by atoms with Gasteiger partial charge in [0.1, 0.15) is 25.3 Å². The van der Waals surface area contributed by atoms with Crippen LogP contribution in [0.3, 0.4) is 0 Å². The van der Waals surface area contributed by atoms with Gasteiger partial charge in [0.2, 0.25) is 11.8 Å². The Morgan fingerprint density at radius 1 is 0.571 bits per heavy atom. The lowest BCUT2D eigenvalue weighted by Gasteiger charge is -2.21. The lowest BCUT2D eigenvalue weighted by Crippen LogP contribution is -2.50. The van der Waals surface area contributed by atoms with Crippen LogP contribution in [-0.4, -0.2) is 49.2 Å². The van der Waals surface area contributed by atoms with E-state index in [1.807, 2.05) is 88.4 Å². The summed E-state index contributed by atoms with van der Waals surface area (Å²) in [5.74, 6) is -0.701. The third-order valence-corrected chi connectivity index (χ3v) is 6.57. The summed E-state index contributed by atoms with van der Waals surface area (Å²) in [5.41, 5.74) is 1.74. The third kappa shape index (κ3) is 13.5. The molecule has 2 unspecified atom stereocenters. The number of hydrogen-bond donors (Lipinski definition) is 4. The van der Waals surface area contributed by atoms with Crippen molar-refractivity contribution >= 4 is 24.0 Å². The average molecular weight is 583 g/mol. The number of benzene rings is 2. The number of unbranched alkanes of at least 4 members (excludes halogenated alkanes) is 3. The van der Waals surface area contributed by atoms with E-state index < -0.39 is 24.3 Å². The predicted molar refractivity (Wildman–Crippen MR) is 161 cm³/mol. The maximum absolute atomic E-state index is 12.6. The van der Waals surface area contributed by atoms with Crippen molar-refractivity contribution in [3.8, 4) is 0 Å². The Kier molecular flexibility index (Phi) is 15.5. The third-order valence-electron chi connectivity index (χ3n) is 6.57. The molecule has 0 aromatic heterocycles. The fourth-order valence-corrected chi connectivity index (χ4v) is 4.10. The molecule has 2 atom stereocenters. The minimum absolute atomic E-state index is 0.104. The first kappa shape index (κ1) is 34.1. The number of nitrogens with one attached hydrogen (secondary N) is 4. The van der Waals surface area contributed by atoms with Crippen molar-refractivity contribution < 1.29 is 28.7 Å². The molecule has 0 spiro atoms. The van der Waals surface area contributed by atoms with Gasteiger partial charge in [-0.15, -0.1) is 0 Å². The Hall–Kier alpha value is -4.08. The standard InChI is InChI=1S/C32H46N4O6/c1-23(2)27(35-31(39)41-21-25-15-9-7-10-16-25)29(37)33-19-13-5-6-14-20-34-30(38)28(24(3)4)36-32(40)42-22-26-17-11-8-12-18-26/h7-12,15-18,23-24,27-28H,5-6,13-14,19-22H2,1-4H3,(H,33,37)(H,34,38)(H,35,39)(H,36,40). The predicted octanol–water partition coefficient (Wildman–Crippen LogP) is 4.68. The molecule has 0 saturated heterocycles. The van der Waals surface area contributed by atoms with Gasteiger partial charge in [0.05, 0.1) is 0 Å². The SMILES string of the molecule is CC(C)C(NC(=O)OCc1ccccc1)C(=O)NCCCCCCNC(=O)C(NC(=O)OCc1ccccc1)C(C)C. The first-order valence-corrected chi connectivity index (χ1v) is 14.7. The molecule has 0 bridgehead atoms. The molecule has 2 aromatic carbocycles. The van der Waals surface area contributed by atoms with E-state index in [0.29, 0.717) is 13.1 Å². The zero-order valence-electron chi connectivity index (χ0n) is 25.2. The van der Waals surface area contributed by atoms with E-state index in [1.54, 1.807) is 0 Å². The van der Waals surface area contributed by atoms with Crippen molar-refractivity contribution in [3.05, 3.63) is 71.8 Å². The van der Waals surface area contributed by atoms with Crippen molar-refractivity contribution in [2.75, 3.05) is 13.1 Å². The largest absolute Gasteiger partial charge is 0.445 e. The van der Waals surface area contributed by atoms with Gasteiger partial charge in [0.15, 0.2) is 0 Å². The molecule has 0 heterocycles. The first-order chi connectivity index (χ1) is 20.2. The zero-order valence-corrected chi connectivity index (χ0v) is 25.2. The Balaban J connectivity index is 1.59. The van der Waals surface area contributed by atoms with Crippen LogP contribution in [0.1, 0.15) is 64.5 Å². The van der Waals surface area contributed by atoms with E-state index in [1.165, 1.54) is 0 Å². The van der Waals surface area contributed by atoms with Gasteiger partial charge in [-0.3, -0.25) is 9.59 Å². The lowest BCUT2D eigenvalue weighted by molar-refractivity contribution is -0.124. The molecule has 0 aliphatic rings. The lowest BCUT2D eigenvalue weighted by atomic mass is 10.0. The van der Waals surface area contributed by atoms with Crippen LogP contribution in [-0.2, 0) is 32.3 Å². The average Bonchev–Trinajstić information content (AvgIpc) is 2.98. The summed E-state index contributed by atoms with van der Waals surface area (Å²) >= 11 is 0. The molecule has 0 aliphatic heterocycles. The zero-order chi connectivity index (χ0) is 30.7. The molecule has 2 rings (SSSR count). The molecule has 0 fully saturated rings. The molecule has 2 aromatic rings. The van der Waals surface area contributed by atoms with Crippen LogP contribution in [0.5, 0.6) is 0 Å². The van der Waals surface area contributed by atoms with Crippen LogP contribution < -0.4 is 21.3 Å². The highest BCUT2D eigenvalue weighted by atomic mass is 16.6. The molecular formula is C32H46N4O6. The van der Waals surface area contributed by atoms with E-state index in [4.69, 9.17) is 9.47 Å². The highest BCUT2D eigenvalue weighted by Crippen LogP contribution is 2.07. The number of alkyl carbamates (subject to hydrolysis) is 2. The number of carbonyl (C=O) groups is 4. The van der Waals surface area contributed by atoms with Gasteiger partial charge in [-0.1, -0.05) is 101 Å². The first-order valence-electron chi connectivity index (χ1n) is 14.7. The molecule has 10 nitrogen and oxygen atoms in total. The number of amides is 4. The van der Waals surface area contributed by atoms with Gasteiger partial charge in [-0.2, -0.15) is 0 Å². The van der Waals surface area contributed by atoms with Crippen LogP contribution in [0.4, 0.5) is 9.59 Å². The van der Waals surface area contributed by atoms with Gasteiger partial charge >= 0.3 is 12.2 Å². The van der Waals surface area contributed by atoms with Gasteiger partial charge in [-0.25, -0.2) is 9.59 Å². The molecule has 4 N–H and O–H groups in total. The van der Waals surface area contributed by atoms with E-state index in [9.17, 15) is 19.2 Å². The molecule has 42 heavy (non-hydrogen) atoms. The van der Waals surface area contributed by atoms with Crippen LogP contribution in [0, 0.1) is 11.8 Å². The quantitative estimate of drug-likeness (QED) is 0.200. The van der Waals surface area contributed by atoms with E-state index >= 15 is 0 Å². The van der Waals surface area contributed by atoms with E-state index in [-0.39, 0.29) is 36.9 Å². The number of ether oxygens (including phenoxy) is 2. The van der Waals surface area contributed by atoms with E-state index in [0.717, 1.165) is 36.8 Å². The highest BCUT2D eigenvalue weighted by molar-refractivity contribution is 5.86. The highest BCUT2D eigenvalue weighted by Gasteiger charge is 2.25. The van der Waals surface area contributed by atoms with Crippen molar-refractivity contribution in [3.63, 3.8) is 0 Å². The Bertz CT molecular complexity index is 1010. The summed E-state index contributed by atoms with van der Waals surface area (Å²) in [5, 5.41) is 11.1. The summed E-state index contributed by atoms with van der Waals surface area (Å²) in [6.07, 6.45) is 2.01. The molecule has 0 aliphatic carbocycles. The fraction of sp³-hybridized carbons (Fsp3) is 0.500. The van der Waals surface area contributed by atoms with Gasteiger partial charge in [0.25, 0.3) is 0 Å². The molecule has 0 saturated carbocycles. The van der Waals surface area contributed by atoms with Gasteiger partial charge in [-0.05, 0) is 35.8 Å². The second-order valence-electron chi connectivity index (χ2n) is 10.9. The summed E-state index contributed by atoms with van der Waals surface area (Å²) in [7, 11) is 0. The molecule has 0 radical (unpaired) electrons. The number of hydrogen-bond acceptors (Lipinski definition) is 6. The monoisotopic (exact) mass is 582 g/mol. The molecule has 10 heteroatoms. The topological polar surface area (TPSA) is 135 Å². The van der Waals surface area contributed by atoms with Crippen LogP contribution >= 0.6 is 0 Å². The Morgan fingerprint density at radius 3 is 1.26 bits per heavy atom. The second-order valence-corrected chi connectivity index (χ2v) is 10.9. The molecule has 4 amide bonds. The van der Waals surface area contributed by atoms with Gasteiger partial charge < -0.3 is 30.7 Å². The van der Waals surface area contributed by atoms with Crippen LogP contribution in [0.15, 0.2) is 60.7 Å². The van der Waals surface area contributed by atoms with Crippen molar-refractivity contribution in [1.82, 2.24) is 21.3 Å². The molecule has 230 valence electrons. The maximum Gasteiger partial charge on any atom is 0.408 e. The Labute approximate surface area is 249 Å². The summed E-state index contributed by atoms with van der Waals surface area (Å²) in [6, 6.07) is 17.3. The Morgan fingerprint density at radius 2 is 0.929 bits per heavy atom. The number of rotatable bonds is 17. The summed E-state index contributed by atoms with van der Waals surface area (Å²) < 4.78 is 10.5. The van der Waals surface area contributed by atoms with Crippen molar-refractivity contribution in [1.29, 1.82) is 0 Å². The maximum atomic E-state index is 12.6. The minimum atomic E-state index is -0.693. The number of carbonyl (C=O) groups excluding carboxylic acids is 4. The van der Waals surface area contributed by atoms with Crippen LogP contribution in [0.2, 0.25) is 0 Å².